The minimum atomic E-state index is -0.545. The number of carbonyl (C=O) groups excluding carboxylic acids is 2. The van der Waals surface area contributed by atoms with Gasteiger partial charge in [0.2, 0.25) is 0 Å². The molecule has 4 rings (SSSR count). The van der Waals surface area contributed by atoms with Gasteiger partial charge in [-0.2, -0.15) is 0 Å². The lowest BCUT2D eigenvalue weighted by Crippen LogP contribution is -2.42. The van der Waals surface area contributed by atoms with E-state index in [9.17, 15) is 9.59 Å². The molecule has 2 aliphatic rings. The lowest BCUT2D eigenvalue weighted by Gasteiger charge is -2.37. The highest BCUT2D eigenvalue weighted by Crippen LogP contribution is 2.42. The number of anilines is 2. The molecule has 3 atom stereocenters. The molecule has 2 aromatic heterocycles. The van der Waals surface area contributed by atoms with Crippen molar-refractivity contribution in [2.45, 2.75) is 65.4 Å². The Kier molecular flexibility index (Phi) is 6.68. The van der Waals surface area contributed by atoms with E-state index < -0.39 is 11.5 Å². The Hall–Kier alpha value is -2.55. The number of nitrogens with zero attached hydrogens (tertiary/aromatic N) is 3. The van der Waals surface area contributed by atoms with Crippen molar-refractivity contribution in [3.8, 4) is 0 Å². The minimum absolute atomic E-state index is 0.0720. The first-order valence-corrected chi connectivity index (χ1v) is 13.0. The average molecular weight is 488 g/mol. The van der Waals surface area contributed by atoms with E-state index in [1.807, 2.05) is 20.8 Å². The number of ether oxygens (including phenoxy) is 1. The minimum Gasteiger partial charge on any atom is -0.444 e. The van der Waals surface area contributed by atoms with Crippen LogP contribution in [-0.4, -0.2) is 53.7 Å². The van der Waals surface area contributed by atoms with Crippen LogP contribution in [0.15, 0.2) is 6.07 Å². The quantitative estimate of drug-likeness (QED) is 0.655. The van der Waals surface area contributed by atoms with Crippen LogP contribution in [0.2, 0.25) is 0 Å². The molecule has 2 aliphatic heterocycles. The van der Waals surface area contributed by atoms with Gasteiger partial charge in [0.1, 0.15) is 21.1 Å². The first-order valence-electron chi connectivity index (χ1n) is 12.2. The summed E-state index contributed by atoms with van der Waals surface area (Å²) < 4.78 is 5.63. The van der Waals surface area contributed by atoms with Crippen LogP contribution in [0.4, 0.5) is 16.3 Å². The number of amides is 2. The second kappa shape index (κ2) is 9.24. The highest BCUT2D eigenvalue weighted by atomic mass is 32.1. The Morgan fingerprint density at radius 2 is 1.85 bits per heavy atom. The van der Waals surface area contributed by atoms with Crippen LogP contribution in [0.3, 0.4) is 0 Å². The number of pyridine rings is 1. The molecule has 4 N–H and O–H groups in total. The van der Waals surface area contributed by atoms with Gasteiger partial charge in [-0.05, 0) is 63.5 Å². The summed E-state index contributed by atoms with van der Waals surface area (Å²) in [7, 11) is 0. The highest BCUT2D eigenvalue weighted by molar-refractivity contribution is 7.21. The molecular weight excluding hydrogens is 450 g/mol. The van der Waals surface area contributed by atoms with E-state index in [2.05, 4.69) is 24.8 Å². The van der Waals surface area contributed by atoms with Crippen LogP contribution in [0.1, 0.15) is 75.0 Å². The predicted octanol–water partition coefficient (Wildman–Crippen LogP) is 4.57. The normalized spacial score (nSPS) is 23.9. The summed E-state index contributed by atoms with van der Waals surface area (Å²) in [6.45, 7) is 13.3. The molecule has 9 heteroatoms. The van der Waals surface area contributed by atoms with Crippen molar-refractivity contribution in [2.24, 2.45) is 17.6 Å². The number of aromatic nitrogens is 1. The molecule has 2 aromatic rings. The maximum absolute atomic E-state index is 12.8. The van der Waals surface area contributed by atoms with Gasteiger partial charge in [0, 0.05) is 37.5 Å². The van der Waals surface area contributed by atoms with E-state index >= 15 is 0 Å². The summed E-state index contributed by atoms with van der Waals surface area (Å²) in [5.41, 5.74) is 13.0. The van der Waals surface area contributed by atoms with Gasteiger partial charge in [0.25, 0.3) is 5.91 Å². The van der Waals surface area contributed by atoms with Crippen molar-refractivity contribution in [2.75, 3.05) is 36.8 Å². The molecule has 3 unspecified atom stereocenters. The summed E-state index contributed by atoms with van der Waals surface area (Å²) in [6.07, 6.45) is 2.70. The zero-order valence-corrected chi connectivity index (χ0v) is 21.7. The van der Waals surface area contributed by atoms with E-state index in [0.29, 0.717) is 35.5 Å². The molecule has 2 fully saturated rings. The van der Waals surface area contributed by atoms with Gasteiger partial charge in [0.15, 0.2) is 0 Å². The monoisotopic (exact) mass is 487 g/mol. The van der Waals surface area contributed by atoms with Gasteiger partial charge in [-0.15, -0.1) is 11.3 Å². The van der Waals surface area contributed by atoms with Crippen LogP contribution in [-0.2, 0) is 4.74 Å². The SMILES string of the molecule is CC1CC(C)CN(c2cc(C3CCCN(C(=O)OC(C)(C)C)C3)c3c(N)c(C(N)=O)sc3n2)C1. The Morgan fingerprint density at radius 1 is 1.18 bits per heavy atom. The topological polar surface area (TPSA) is 115 Å². The van der Waals surface area contributed by atoms with Crippen molar-refractivity contribution in [3.63, 3.8) is 0 Å². The van der Waals surface area contributed by atoms with Crippen molar-refractivity contribution in [1.82, 2.24) is 9.88 Å². The molecule has 0 aliphatic carbocycles. The number of nitrogen functional groups attached to an aromatic ring is 1. The highest BCUT2D eigenvalue weighted by Gasteiger charge is 2.32. The number of nitrogens with two attached hydrogens (primary N) is 2. The van der Waals surface area contributed by atoms with E-state index in [1.165, 1.54) is 17.8 Å². The van der Waals surface area contributed by atoms with Crippen LogP contribution in [0.25, 0.3) is 10.2 Å². The Morgan fingerprint density at radius 3 is 2.47 bits per heavy atom. The maximum atomic E-state index is 12.8. The van der Waals surface area contributed by atoms with Gasteiger partial charge in [0.05, 0.1) is 5.69 Å². The number of rotatable bonds is 3. The molecule has 2 amide bonds. The van der Waals surface area contributed by atoms with Crippen LogP contribution < -0.4 is 16.4 Å². The summed E-state index contributed by atoms with van der Waals surface area (Å²) in [4.78, 5) is 35.0. The Balaban J connectivity index is 1.75. The fraction of sp³-hybridized carbons (Fsp3) is 0.640. The lowest BCUT2D eigenvalue weighted by molar-refractivity contribution is 0.0198. The van der Waals surface area contributed by atoms with Crippen LogP contribution in [0, 0.1) is 11.8 Å². The van der Waals surface area contributed by atoms with Gasteiger partial charge >= 0.3 is 6.09 Å². The van der Waals surface area contributed by atoms with E-state index in [1.54, 1.807) is 4.90 Å². The number of fused-ring (bicyclic) bond motifs is 1. The van der Waals surface area contributed by atoms with Gasteiger partial charge in [-0.1, -0.05) is 13.8 Å². The third-order valence-electron chi connectivity index (χ3n) is 6.65. The number of likely N-dealkylation sites (tertiary alicyclic amines) is 1. The number of carbonyl (C=O) groups is 2. The van der Waals surface area contributed by atoms with Crippen molar-refractivity contribution in [3.05, 3.63) is 16.5 Å². The Bertz CT molecular complexity index is 1080. The first kappa shape index (κ1) is 24.6. The smallest absolute Gasteiger partial charge is 0.410 e. The van der Waals surface area contributed by atoms with Crippen molar-refractivity contribution in [1.29, 1.82) is 0 Å². The molecule has 0 aromatic carbocycles. The number of hydrogen-bond donors (Lipinski definition) is 2. The molecule has 0 radical (unpaired) electrons. The molecule has 2 saturated heterocycles. The fourth-order valence-electron chi connectivity index (χ4n) is 5.38. The lowest BCUT2D eigenvalue weighted by atomic mass is 9.88. The zero-order chi connectivity index (χ0) is 24.8. The zero-order valence-electron chi connectivity index (χ0n) is 20.9. The second-order valence-electron chi connectivity index (χ2n) is 11.1. The molecule has 186 valence electrons. The number of primary amides is 1. The predicted molar refractivity (Wildman–Crippen MR) is 137 cm³/mol. The van der Waals surface area contributed by atoms with Gasteiger partial charge in [-0.25, -0.2) is 9.78 Å². The standard InChI is InChI=1S/C25H37N5O3S/c1-14-9-15(2)12-30(11-14)18-10-17(19-20(26)21(22(27)31)34-23(19)28-18)16-7-6-8-29(13-16)24(32)33-25(3,4)5/h10,14-16H,6-9,11-13,26H2,1-5H3,(H2,27,31). The first-order chi connectivity index (χ1) is 15.9. The van der Waals surface area contributed by atoms with Gasteiger partial charge in [-0.3, -0.25) is 4.79 Å². The fourth-order valence-corrected chi connectivity index (χ4v) is 6.35. The van der Waals surface area contributed by atoms with Crippen LogP contribution >= 0.6 is 11.3 Å². The van der Waals surface area contributed by atoms with Gasteiger partial charge < -0.3 is 26.0 Å². The number of thiophene rings is 1. The molecule has 0 spiro atoms. The molecule has 0 saturated carbocycles. The number of piperidine rings is 2. The molecular formula is C25H37N5O3S. The molecule has 34 heavy (non-hydrogen) atoms. The number of hydrogen-bond acceptors (Lipinski definition) is 7. The van der Waals surface area contributed by atoms with E-state index in [0.717, 1.165) is 47.5 Å². The third kappa shape index (κ3) is 5.09. The molecule has 4 heterocycles. The summed E-state index contributed by atoms with van der Waals surface area (Å²) in [5, 5.41) is 0.802. The maximum Gasteiger partial charge on any atom is 0.410 e. The summed E-state index contributed by atoms with van der Waals surface area (Å²) in [5.74, 6) is 1.61. The largest absolute Gasteiger partial charge is 0.444 e. The molecule has 8 nitrogen and oxygen atoms in total. The van der Waals surface area contributed by atoms with Crippen molar-refractivity contribution < 1.29 is 14.3 Å². The third-order valence-corrected chi connectivity index (χ3v) is 7.76. The molecule has 0 bridgehead atoms. The van der Waals surface area contributed by atoms with Crippen LogP contribution in [0.5, 0.6) is 0 Å². The second-order valence-corrected chi connectivity index (χ2v) is 12.1. The summed E-state index contributed by atoms with van der Waals surface area (Å²) in [6, 6.07) is 2.13. The van der Waals surface area contributed by atoms with E-state index in [4.69, 9.17) is 21.2 Å². The average Bonchev–Trinajstić information content (AvgIpc) is 3.08. The Labute approximate surface area is 205 Å². The van der Waals surface area contributed by atoms with E-state index in [-0.39, 0.29) is 12.0 Å². The van der Waals surface area contributed by atoms with Crippen molar-refractivity contribution >= 4 is 45.1 Å². The summed E-state index contributed by atoms with van der Waals surface area (Å²) >= 11 is 1.26.